The molecule has 0 aromatic carbocycles. The summed E-state index contributed by atoms with van der Waals surface area (Å²) in [5.41, 5.74) is 0. The van der Waals surface area contributed by atoms with Gasteiger partial charge in [-0.15, -0.1) is 0 Å². The fourth-order valence-electron chi connectivity index (χ4n) is 0. The predicted octanol–water partition coefficient (Wildman–Crippen LogP) is -2.17. The van der Waals surface area contributed by atoms with Crippen molar-refractivity contribution in [3.8, 4) is 0 Å². The van der Waals surface area contributed by atoms with E-state index in [4.69, 9.17) is 0 Å². The minimum Gasteiger partial charge on any atom is -0.748 e. The van der Waals surface area contributed by atoms with E-state index < -0.39 is 10.1 Å². The van der Waals surface area contributed by atoms with Gasteiger partial charge in [0.15, 0.2) is 0 Å². The average molecular weight is 164 g/mol. The molecule has 0 spiro atoms. The van der Waals surface area contributed by atoms with Crippen molar-refractivity contribution in [2.45, 2.75) is 21.8 Å². The molecule has 0 saturated heterocycles. The van der Waals surface area contributed by atoms with Crippen molar-refractivity contribution in [2.24, 2.45) is 0 Å². The smallest absolute Gasteiger partial charge is 0.748 e. The molecule has 0 aromatic heterocycles. The van der Waals surface area contributed by atoms with Crippen LogP contribution in [0.1, 0.15) is 21.8 Å². The van der Waals surface area contributed by atoms with Gasteiger partial charge in [0.2, 0.25) is 0 Å². The van der Waals surface area contributed by atoms with E-state index in [1.54, 1.807) is 0 Å². The second-order valence-corrected chi connectivity index (χ2v) is 2.54. The van der Waals surface area contributed by atoms with Gasteiger partial charge in [0.05, 0.1) is 10.1 Å². The summed E-state index contributed by atoms with van der Waals surface area (Å²) in [7, 11) is -3.91. The molecule has 0 amide bonds. The van der Waals surface area contributed by atoms with Crippen LogP contribution in [0.3, 0.4) is 0 Å². The maximum absolute atomic E-state index is 9.44. The quantitative estimate of drug-likeness (QED) is 0.327. The normalized spacial score (nSPS) is 7.78. The molecule has 0 unspecified atom stereocenters. The van der Waals surface area contributed by atoms with Crippen LogP contribution in [-0.4, -0.2) is 18.7 Å². The molecule has 0 aliphatic heterocycles. The van der Waals surface area contributed by atoms with Crippen molar-refractivity contribution in [2.75, 3.05) is 5.75 Å². The van der Waals surface area contributed by atoms with Crippen LogP contribution >= 0.6 is 0 Å². The van der Waals surface area contributed by atoms with Gasteiger partial charge in [-0.3, -0.25) is 0 Å². The second-order valence-electron chi connectivity index (χ2n) is 0.846. The monoisotopic (exact) mass is 164 g/mol. The Morgan fingerprint density at radius 3 is 1.44 bits per heavy atom. The summed E-state index contributed by atoms with van der Waals surface area (Å²) < 4.78 is 28.3. The minimum absolute atomic E-state index is 0. The van der Waals surface area contributed by atoms with Gasteiger partial charge in [-0.2, -0.15) is 0 Å². The molecule has 0 radical (unpaired) electrons. The molecule has 0 rings (SSSR count). The van der Waals surface area contributed by atoms with Gasteiger partial charge in [0, 0.05) is 5.75 Å². The third-order valence-corrected chi connectivity index (χ3v) is 1.06. The summed E-state index contributed by atoms with van der Waals surface area (Å²) in [6.07, 6.45) is 0. The van der Waals surface area contributed by atoms with Gasteiger partial charge in [-0.25, -0.2) is 8.42 Å². The molecule has 0 fully saturated rings. The van der Waals surface area contributed by atoms with Crippen LogP contribution in [-0.2, 0) is 10.1 Å². The van der Waals surface area contributed by atoms with Crippen LogP contribution in [0.25, 0.3) is 0 Å². The van der Waals surface area contributed by atoms with Crippen LogP contribution < -0.4 is 29.6 Å². The molecule has 0 atom stereocenters. The van der Waals surface area contributed by atoms with Crippen molar-refractivity contribution in [3.05, 3.63) is 0 Å². The van der Waals surface area contributed by atoms with Gasteiger partial charge < -0.3 is 4.55 Å². The Morgan fingerprint density at radius 1 is 1.33 bits per heavy atom. The van der Waals surface area contributed by atoms with Crippen LogP contribution in [0.2, 0.25) is 0 Å². The van der Waals surface area contributed by atoms with Crippen LogP contribution in [0.5, 0.6) is 0 Å². The van der Waals surface area contributed by atoms with E-state index in [-0.39, 0.29) is 50.2 Å². The molecule has 54 valence electrons. The van der Waals surface area contributed by atoms with Crippen molar-refractivity contribution in [1.82, 2.24) is 0 Å². The van der Waals surface area contributed by atoms with E-state index in [1.165, 1.54) is 6.92 Å². The first kappa shape index (κ1) is 22.5. The zero-order chi connectivity index (χ0) is 5.21. The molecule has 3 nitrogen and oxygen atoms in total. The molecule has 0 bridgehead atoms. The Hall–Kier alpha value is 0.910. The summed E-state index contributed by atoms with van der Waals surface area (Å²) in [6.45, 7) is 1.31. The largest absolute Gasteiger partial charge is 1.00 e. The maximum atomic E-state index is 9.44. The molecule has 0 aromatic rings. The van der Waals surface area contributed by atoms with Gasteiger partial charge in [0.1, 0.15) is 0 Å². The average Bonchev–Trinajstić information content (AvgIpc) is 1.35. The molecule has 0 N–H and O–H groups in total. The first-order valence-electron chi connectivity index (χ1n) is 1.50. The molecule has 0 saturated carbocycles. The van der Waals surface area contributed by atoms with Crippen molar-refractivity contribution in [3.63, 3.8) is 0 Å². The number of hydrogen-bond donors (Lipinski definition) is 0. The van der Waals surface area contributed by atoms with E-state index in [0.29, 0.717) is 0 Å². The van der Waals surface area contributed by atoms with Crippen LogP contribution in [0, 0.1) is 0 Å². The molecule has 0 aliphatic rings. The van der Waals surface area contributed by atoms with Gasteiger partial charge in [-0.05, 0) is 0 Å². The van der Waals surface area contributed by atoms with E-state index in [1.807, 2.05) is 0 Å². The first-order chi connectivity index (χ1) is 2.56. The van der Waals surface area contributed by atoms with E-state index in [9.17, 15) is 13.0 Å². The second kappa shape index (κ2) is 8.91. The van der Waals surface area contributed by atoms with Gasteiger partial charge >= 0.3 is 29.6 Å². The SMILES string of the molecule is C.C.CCS(=O)(=O)[O-].[Na+]. The Morgan fingerprint density at radius 2 is 1.44 bits per heavy atom. The van der Waals surface area contributed by atoms with Crippen molar-refractivity contribution < 1.29 is 42.5 Å². The fourth-order valence-corrected chi connectivity index (χ4v) is 0. The molecule has 0 heterocycles. The number of rotatable bonds is 1. The Bertz CT molecular complexity index is 118. The molecule has 5 heteroatoms. The van der Waals surface area contributed by atoms with Gasteiger partial charge in [0.25, 0.3) is 0 Å². The topological polar surface area (TPSA) is 57.2 Å². The van der Waals surface area contributed by atoms with E-state index >= 15 is 0 Å². The van der Waals surface area contributed by atoms with Crippen LogP contribution in [0.4, 0.5) is 0 Å². The van der Waals surface area contributed by atoms with Crippen molar-refractivity contribution >= 4 is 10.1 Å². The Kier molecular flexibility index (Phi) is 22.3. The van der Waals surface area contributed by atoms with Crippen LogP contribution in [0.15, 0.2) is 0 Å². The number of hydrogen-bond acceptors (Lipinski definition) is 3. The summed E-state index contributed by atoms with van der Waals surface area (Å²) in [5, 5.41) is 0. The minimum atomic E-state index is -3.91. The molecular formula is C4H13NaO3S. The molecular weight excluding hydrogens is 151 g/mol. The third kappa shape index (κ3) is 27.8. The summed E-state index contributed by atoms with van der Waals surface area (Å²) >= 11 is 0. The fraction of sp³-hybridized carbons (Fsp3) is 1.00. The van der Waals surface area contributed by atoms with Crippen molar-refractivity contribution in [1.29, 1.82) is 0 Å². The summed E-state index contributed by atoms with van der Waals surface area (Å²) in [6, 6.07) is 0. The zero-order valence-corrected chi connectivity index (χ0v) is 7.16. The zero-order valence-electron chi connectivity index (χ0n) is 4.34. The van der Waals surface area contributed by atoms with E-state index in [0.717, 1.165) is 0 Å². The molecule has 0 aliphatic carbocycles. The first-order valence-corrected chi connectivity index (χ1v) is 3.07. The third-order valence-electron chi connectivity index (χ3n) is 0.354. The molecule has 9 heavy (non-hydrogen) atoms. The van der Waals surface area contributed by atoms with E-state index in [2.05, 4.69) is 0 Å². The maximum Gasteiger partial charge on any atom is 1.00 e. The standard InChI is InChI=1S/C2H6O3S.2CH4.Na/c1-2-6(3,4)5;;;/h2H2,1H3,(H,3,4,5);2*1H4;/q;;;+1/p-1. The predicted molar refractivity (Wildman–Crippen MR) is 33.7 cm³/mol. The van der Waals surface area contributed by atoms with Gasteiger partial charge in [-0.1, -0.05) is 21.8 Å². The Labute approximate surface area is 79.9 Å². The Balaban J connectivity index is -0.0000000417. The summed E-state index contributed by atoms with van der Waals surface area (Å²) in [4.78, 5) is 0. The summed E-state index contributed by atoms with van der Waals surface area (Å²) in [5.74, 6) is -0.312.